The van der Waals surface area contributed by atoms with Crippen LogP contribution in [-0.4, -0.2) is 31.6 Å². The van der Waals surface area contributed by atoms with Crippen LogP contribution in [0.1, 0.15) is 12.5 Å². The Bertz CT molecular complexity index is 438. The number of hydrogen-bond acceptors (Lipinski definition) is 2. The van der Waals surface area contributed by atoms with Crippen LogP contribution in [0.15, 0.2) is 24.3 Å². The van der Waals surface area contributed by atoms with E-state index in [4.69, 9.17) is 0 Å². The molecule has 0 aliphatic carbocycles. The predicted octanol–water partition coefficient (Wildman–Crippen LogP) is 0.803. The van der Waals surface area contributed by atoms with E-state index in [1.165, 1.54) is 19.1 Å². The number of carbonyl (C=O) groups is 2. The van der Waals surface area contributed by atoms with E-state index in [2.05, 4.69) is 16.0 Å². The van der Waals surface area contributed by atoms with Crippen LogP contribution in [0.25, 0.3) is 0 Å². The van der Waals surface area contributed by atoms with Crippen LogP contribution in [0.5, 0.6) is 0 Å². The van der Waals surface area contributed by atoms with Crippen molar-refractivity contribution in [1.29, 1.82) is 0 Å². The minimum Gasteiger partial charge on any atom is -0.355 e. The summed E-state index contributed by atoms with van der Waals surface area (Å²) < 4.78 is 12.9. The number of hydrogen-bond donors (Lipinski definition) is 3. The summed E-state index contributed by atoms with van der Waals surface area (Å²) in [5.74, 6) is -0.412. The van der Waals surface area contributed by atoms with Gasteiger partial charge in [-0.05, 0) is 24.1 Å². The SMILES string of the molecule is CC(=O)NCCNC(=O)NCCc1cccc(F)c1. The normalized spacial score (nSPS) is 9.79. The van der Waals surface area contributed by atoms with Gasteiger partial charge in [0.05, 0.1) is 0 Å². The van der Waals surface area contributed by atoms with Crippen molar-refractivity contribution in [1.82, 2.24) is 16.0 Å². The van der Waals surface area contributed by atoms with Gasteiger partial charge in [0, 0.05) is 26.6 Å². The molecule has 6 heteroatoms. The fourth-order valence-corrected chi connectivity index (χ4v) is 1.49. The van der Waals surface area contributed by atoms with E-state index in [-0.39, 0.29) is 17.8 Å². The maximum Gasteiger partial charge on any atom is 0.314 e. The highest BCUT2D eigenvalue weighted by Crippen LogP contribution is 2.03. The Morgan fingerprint density at radius 3 is 2.47 bits per heavy atom. The lowest BCUT2D eigenvalue weighted by molar-refractivity contribution is -0.118. The molecule has 0 radical (unpaired) electrons. The lowest BCUT2D eigenvalue weighted by Crippen LogP contribution is -2.40. The summed E-state index contributed by atoms with van der Waals surface area (Å²) in [6, 6.07) is 5.96. The molecule has 1 aromatic carbocycles. The van der Waals surface area contributed by atoms with E-state index < -0.39 is 0 Å². The Hall–Kier alpha value is -2.11. The molecule has 3 amide bonds. The van der Waals surface area contributed by atoms with Crippen molar-refractivity contribution >= 4 is 11.9 Å². The van der Waals surface area contributed by atoms with Crippen molar-refractivity contribution in [3.8, 4) is 0 Å². The van der Waals surface area contributed by atoms with Gasteiger partial charge in [0.25, 0.3) is 0 Å². The maximum absolute atomic E-state index is 12.9. The number of rotatable bonds is 6. The summed E-state index contributed by atoms with van der Waals surface area (Å²) in [5, 5.41) is 7.82. The predicted molar refractivity (Wildman–Crippen MR) is 70.2 cm³/mol. The second kappa shape index (κ2) is 8.07. The van der Waals surface area contributed by atoms with Crippen LogP contribution in [0, 0.1) is 5.82 Å². The Kier molecular flexibility index (Phi) is 6.35. The average Bonchev–Trinajstić information content (AvgIpc) is 2.34. The third-order valence-electron chi connectivity index (χ3n) is 2.37. The van der Waals surface area contributed by atoms with E-state index in [1.807, 2.05) is 0 Å². The van der Waals surface area contributed by atoms with Crippen LogP contribution < -0.4 is 16.0 Å². The van der Waals surface area contributed by atoms with Gasteiger partial charge in [-0.2, -0.15) is 0 Å². The summed E-state index contributed by atoms with van der Waals surface area (Å²) in [6.45, 7) is 2.60. The molecule has 0 heterocycles. The van der Waals surface area contributed by atoms with Gasteiger partial charge < -0.3 is 16.0 Å². The van der Waals surface area contributed by atoms with Crippen LogP contribution in [0.4, 0.5) is 9.18 Å². The van der Waals surface area contributed by atoms with Gasteiger partial charge >= 0.3 is 6.03 Å². The number of nitrogens with one attached hydrogen (secondary N) is 3. The molecular weight excluding hydrogens is 249 g/mol. The molecule has 0 aliphatic rings. The molecule has 5 nitrogen and oxygen atoms in total. The van der Waals surface area contributed by atoms with Crippen molar-refractivity contribution < 1.29 is 14.0 Å². The van der Waals surface area contributed by atoms with Gasteiger partial charge in [-0.15, -0.1) is 0 Å². The third kappa shape index (κ3) is 7.03. The summed E-state index contributed by atoms with van der Waals surface area (Å²) >= 11 is 0. The van der Waals surface area contributed by atoms with Crippen LogP contribution in [0.3, 0.4) is 0 Å². The van der Waals surface area contributed by atoms with Crippen molar-refractivity contribution in [2.75, 3.05) is 19.6 Å². The van der Waals surface area contributed by atoms with Gasteiger partial charge in [-0.3, -0.25) is 4.79 Å². The Labute approximate surface area is 111 Å². The number of halogens is 1. The van der Waals surface area contributed by atoms with E-state index in [0.717, 1.165) is 5.56 Å². The molecule has 3 N–H and O–H groups in total. The second-order valence-electron chi connectivity index (χ2n) is 4.05. The fourth-order valence-electron chi connectivity index (χ4n) is 1.49. The molecule has 0 atom stereocenters. The molecule has 0 aromatic heterocycles. The molecule has 0 saturated carbocycles. The Balaban J connectivity index is 2.12. The van der Waals surface area contributed by atoms with Gasteiger partial charge in [0.2, 0.25) is 5.91 Å². The minimum atomic E-state index is -0.304. The number of amides is 3. The number of carbonyl (C=O) groups excluding carboxylic acids is 2. The van der Waals surface area contributed by atoms with E-state index in [1.54, 1.807) is 12.1 Å². The highest BCUT2D eigenvalue weighted by atomic mass is 19.1. The first-order chi connectivity index (χ1) is 9.08. The van der Waals surface area contributed by atoms with Crippen molar-refractivity contribution in [2.24, 2.45) is 0 Å². The minimum absolute atomic E-state index is 0.131. The Morgan fingerprint density at radius 1 is 1.11 bits per heavy atom. The summed E-state index contributed by atoms with van der Waals surface area (Å²) in [5.41, 5.74) is 0.832. The molecular formula is C13H18FN3O2. The van der Waals surface area contributed by atoms with Crippen LogP contribution >= 0.6 is 0 Å². The number of urea groups is 1. The molecule has 1 rings (SSSR count). The molecule has 0 bridgehead atoms. The maximum atomic E-state index is 12.9. The van der Waals surface area contributed by atoms with Gasteiger partial charge in [0.15, 0.2) is 0 Å². The van der Waals surface area contributed by atoms with Gasteiger partial charge in [0.1, 0.15) is 5.82 Å². The van der Waals surface area contributed by atoms with Crippen molar-refractivity contribution in [3.05, 3.63) is 35.6 Å². The van der Waals surface area contributed by atoms with Gasteiger partial charge in [-0.1, -0.05) is 12.1 Å². The lowest BCUT2D eigenvalue weighted by Gasteiger charge is -2.08. The highest BCUT2D eigenvalue weighted by Gasteiger charge is 2.00. The summed E-state index contributed by atoms with van der Waals surface area (Å²) in [4.78, 5) is 21.9. The van der Waals surface area contributed by atoms with Crippen molar-refractivity contribution in [3.63, 3.8) is 0 Å². The Morgan fingerprint density at radius 2 is 1.79 bits per heavy atom. The zero-order chi connectivity index (χ0) is 14.1. The van der Waals surface area contributed by atoms with E-state index >= 15 is 0 Å². The smallest absolute Gasteiger partial charge is 0.314 e. The zero-order valence-corrected chi connectivity index (χ0v) is 10.8. The molecule has 0 saturated heterocycles. The molecule has 1 aromatic rings. The molecule has 0 unspecified atom stereocenters. The first kappa shape index (κ1) is 14.9. The molecule has 19 heavy (non-hydrogen) atoms. The van der Waals surface area contributed by atoms with Crippen LogP contribution in [0.2, 0.25) is 0 Å². The third-order valence-corrected chi connectivity index (χ3v) is 2.37. The molecule has 104 valence electrons. The topological polar surface area (TPSA) is 70.2 Å². The lowest BCUT2D eigenvalue weighted by atomic mass is 10.1. The highest BCUT2D eigenvalue weighted by molar-refractivity contribution is 5.74. The van der Waals surface area contributed by atoms with E-state index in [0.29, 0.717) is 26.1 Å². The first-order valence-electron chi connectivity index (χ1n) is 6.08. The van der Waals surface area contributed by atoms with Crippen molar-refractivity contribution in [2.45, 2.75) is 13.3 Å². The largest absolute Gasteiger partial charge is 0.355 e. The first-order valence-corrected chi connectivity index (χ1v) is 6.08. The summed E-state index contributed by atoms with van der Waals surface area (Å²) in [6.07, 6.45) is 0.566. The average molecular weight is 267 g/mol. The molecule has 0 spiro atoms. The monoisotopic (exact) mass is 267 g/mol. The zero-order valence-electron chi connectivity index (χ0n) is 10.8. The quantitative estimate of drug-likeness (QED) is 0.667. The summed E-state index contributed by atoms with van der Waals surface area (Å²) in [7, 11) is 0. The fraction of sp³-hybridized carbons (Fsp3) is 0.385. The molecule has 0 aliphatic heterocycles. The standard InChI is InChI=1S/C13H18FN3O2/c1-10(18)15-7-8-17-13(19)16-6-5-11-3-2-4-12(14)9-11/h2-4,9H,5-8H2,1H3,(H,15,18)(H2,16,17,19). The number of benzene rings is 1. The second-order valence-corrected chi connectivity index (χ2v) is 4.05. The van der Waals surface area contributed by atoms with Crippen LogP contribution in [-0.2, 0) is 11.2 Å². The van der Waals surface area contributed by atoms with E-state index in [9.17, 15) is 14.0 Å². The van der Waals surface area contributed by atoms with Gasteiger partial charge in [-0.25, -0.2) is 9.18 Å². The molecule has 0 fully saturated rings.